The fraction of sp³-hybridized carbons (Fsp3) is 0.0455. The average Bonchev–Trinajstić information content (AvgIpc) is 3.32. The summed E-state index contributed by atoms with van der Waals surface area (Å²) in [5.74, 6) is 0.933. The third-order valence-corrected chi connectivity index (χ3v) is 5.78. The van der Waals surface area contributed by atoms with Gasteiger partial charge < -0.3 is 9.72 Å². The van der Waals surface area contributed by atoms with Crippen LogP contribution in [0.3, 0.4) is 0 Å². The summed E-state index contributed by atoms with van der Waals surface area (Å²) in [7, 11) is 1.67. The second kappa shape index (κ2) is 5.71. The number of ketones is 1. The van der Waals surface area contributed by atoms with Crippen molar-refractivity contribution in [2.45, 2.75) is 0 Å². The van der Waals surface area contributed by atoms with E-state index >= 15 is 0 Å². The van der Waals surface area contributed by atoms with Crippen molar-refractivity contribution in [2.24, 2.45) is 0 Å². The first kappa shape index (κ1) is 15.2. The van der Waals surface area contributed by atoms with Crippen LogP contribution in [-0.4, -0.2) is 17.9 Å². The van der Waals surface area contributed by atoms with Gasteiger partial charge in [0.05, 0.1) is 7.11 Å². The SMILES string of the molecule is COc1ccc2[nH]cc(/C=C3/c4ccccc4C(=O)c4ccsc43)c2c1. The van der Waals surface area contributed by atoms with Crippen molar-refractivity contribution in [3.63, 3.8) is 0 Å². The van der Waals surface area contributed by atoms with Crippen molar-refractivity contribution in [3.8, 4) is 5.75 Å². The van der Waals surface area contributed by atoms with Gasteiger partial charge in [-0.2, -0.15) is 0 Å². The number of ether oxygens (including phenoxy) is 1. The molecule has 126 valence electrons. The molecule has 0 aliphatic heterocycles. The number of fused-ring (bicyclic) bond motifs is 3. The Morgan fingerprint density at radius 3 is 2.73 bits per heavy atom. The summed E-state index contributed by atoms with van der Waals surface area (Å²) >= 11 is 1.61. The molecule has 3 nitrogen and oxygen atoms in total. The van der Waals surface area contributed by atoms with Crippen LogP contribution < -0.4 is 4.74 Å². The maximum absolute atomic E-state index is 12.8. The number of methoxy groups -OCH3 is 1. The number of thiophene rings is 1. The lowest BCUT2D eigenvalue weighted by molar-refractivity contribution is 0.103. The molecule has 2 heterocycles. The Balaban J connectivity index is 1.77. The van der Waals surface area contributed by atoms with Gasteiger partial charge >= 0.3 is 0 Å². The molecule has 1 N–H and O–H groups in total. The second-order valence-electron chi connectivity index (χ2n) is 6.25. The molecule has 4 heteroatoms. The monoisotopic (exact) mass is 357 g/mol. The van der Waals surface area contributed by atoms with Crippen molar-refractivity contribution in [1.29, 1.82) is 0 Å². The fourth-order valence-electron chi connectivity index (χ4n) is 3.55. The van der Waals surface area contributed by atoms with E-state index in [1.807, 2.05) is 60.1 Å². The number of aromatic nitrogens is 1. The summed E-state index contributed by atoms with van der Waals surface area (Å²) in [4.78, 5) is 17.1. The van der Waals surface area contributed by atoms with E-state index in [4.69, 9.17) is 4.74 Å². The molecule has 0 saturated carbocycles. The number of hydrogen-bond donors (Lipinski definition) is 1. The topological polar surface area (TPSA) is 42.1 Å². The van der Waals surface area contributed by atoms with E-state index in [0.717, 1.165) is 49.4 Å². The van der Waals surface area contributed by atoms with E-state index in [9.17, 15) is 4.79 Å². The summed E-state index contributed by atoms with van der Waals surface area (Å²) < 4.78 is 5.37. The van der Waals surface area contributed by atoms with Crippen LogP contribution in [0.25, 0.3) is 22.6 Å². The zero-order valence-corrected chi connectivity index (χ0v) is 14.9. The molecule has 26 heavy (non-hydrogen) atoms. The Morgan fingerprint density at radius 2 is 1.88 bits per heavy atom. The molecule has 0 saturated heterocycles. The van der Waals surface area contributed by atoms with Crippen LogP contribution >= 0.6 is 11.3 Å². The summed E-state index contributed by atoms with van der Waals surface area (Å²) in [6.45, 7) is 0. The highest BCUT2D eigenvalue weighted by Gasteiger charge is 2.27. The Morgan fingerprint density at radius 1 is 1.04 bits per heavy atom. The summed E-state index contributed by atoms with van der Waals surface area (Å²) in [6.07, 6.45) is 4.17. The second-order valence-corrected chi connectivity index (χ2v) is 7.17. The number of nitrogens with one attached hydrogen (secondary N) is 1. The van der Waals surface area contributed by atoms with E-state index in [2.05, 4.69) is 11.1 Å². The molecule has 5 rings (SSSR count). The number of hydrogen-bond acceptors (Lipinski definition) is 3. The van der Waals surface area contributed by atoms with Crippen molar-refractivity contribution >= 4 is 39.7 Å². The Kier molecular flexibility index (Phi) is 3.33. The molecular formula is C22H15NO2S. The van der Waals surface area contributed by atoms with Crippen LogP contribution in [0.15, 0.2) is 60.1 Å². The third kappa shape index (κ3) is 2.16. The Bertz CT molecular complexity index is 1200. The molecule has 1 aliphatic carbocycles. The predicted molar refractivity (Wildman–Crippen MR) is 106 cm³/mol. The molecule has 0 radical (unpaired) electrons. The van der Waals surface area contributed by atoms with Crippen molar-refractivity contribution in [3.05, 3.63) is 87.2 Å². The van der Waals surface area contributed by atoms with E-state index in [0.29, 0.717) is 0 Å². The molecule has 0 unspecified atom stereocenters. The van der Waals surface area contributed by atoms with Gasteiger partial charge in [-0.05, 0) is 41.3 Å². The van der Waals surface area contributed by atoms with Crippen LogP contribution in [-0.2, 0) is 0 Å². The number of rotatable bonds is 2. The van der Waals surface area contributed by atoms with Crippen molar-refractivity contribution < 1.29 is 9.53 Å². The van der Waals surface area contributed by atoms with Gasteiger partial charge in [0.2, 0.25) is 0 Å². The maximum atomic E-state index is 12.8. The van der Waals surface area contributed by atoms with E-state index in [1.165, 1.54) is 0 Å². The smallest absolute Gasteiger partial charge is 0.195 e. The normalized spacial score (nSPS) is 14.5. The standard InChI is InChI=1S/C22H15NO2S/c1-25-14-6-7-20-18(11-14)13(12-23-20)10-19-15-4-2-3-5-16(15)21(24)17-8-9-26-22(17)19/h2-12,23H,1H3/b19-10-. The summed E-state index contributed by atoms with van der Waals surface area (Å²) in [6, 6.07) is 15.8. The number of carbonyl (C=O) groups excluding carboxylic acids is 1. The highest BCUT2D eigenvalue weighted by atomic mass is 32.1. The first-order valence-electron chi connectivity index (χ1n) is 8.35. The van der Waals surface area contributed by atoms with Gasteiger partial charge in [-0.15, -0.1) is 11.3 Å². The van der Waals surface area contributed by atoms with Gasteiger partial charge in [-0.1, -0.05) is 24.3 Å². The van der Waals surface area contributed by atoms with E-state index in [1.54, 1.807) is 18.4 Å². The average molecular weight is 357 g/mol. The summed E-state index contributed by atoms with van der Waals surface area (Å²) in [5, 5.41) is 3.09. The minimum atomic E-state index is 0.106. The predicted octanol–water partition coefficient (Wildman–Crippen LogP) is 5.37. The zero-order chi connectivity index (χ0) is 17.7. The van der Waals surface area contributed by atoms with Gasteiger partial charge in [-0.3, -0.25) is 4.79 Å². The lowest BCUT2D eigenvalue weighted by Gasteiger charge is -2.18. The van der Waals surface area contributed by atoms with E-state index < -0.39 is 0 Å². The van der Waals surface area contributed by atoms with Gasteiger partial charge in [0.1, 0.15) is 5.75 Å². The lowest BCUT2D eigenvalue weighted by atomic mass is 9.85. The minimum Gasteiger partial charge on any atom is -0.497 e. The number of benzene rings is 2. The molecule has 2 aromatic carbocycles. The first-order chi connectivity index (χ1) is 12.8. The molecule has 0 fully saturated rings. The van der Waals surface area contributed by atoms with Gasteiger partial charge in [-0.25, -0.2) is 0 Å². The molecule has 0 amide bonds. The first-order valence-corrected chi connectivity index (χ1v) is 9.23. The highest BCUT2D eigenvalue weighted by Crippen LogP contribution is 2.40. The van der Waals surface area contributed by atoms with Crippen LogP contribution in [0.4, 0.5) is 0 Å². The lowest BCUT2D eigenvalue weighted by Crippen LogP contribution is -2.11. The van der Waals surface area contributed by atoms with Crippen molar-refractivity contribution in [2.75, 3.05) is 7.11 Å². The van der Waals surface area contributed by atoms with Crippen LogP contribution in [0.5, 0.6) is 5.75 Å². The Hall–Kier alpha value is -3.11. The molecule has 0 atom stereocenters. The molecule has 2 aromatic heterocycles. The Labute approximate surface area is 154 Å². The molecule has 0 bridgehead atoms. The number of carbonyl (C=O) groups is 1. The number of H-pyrrole nitrogens is 1. The minimum absolute atomic E-state index is 0.106. The molecule has 0 spiro atoms. The molecular weight excluding hydrogens is 342 g/mol. The fourth-order valence-corrected chi connectivity index (χ4v) is 4.47. The largest absolute Gasteiger partial charge is 0.497 e. The zero-order valence-electron chi connectivity index (χ0n) is 14.1. The quantitative estimate of drug-likeness (QED) is 0.461. The van der Waals surface area contributed by atoms with Gasteiger partial charge in [0.15, 0.2) is 5.78 Å². The van der Waals surface area contributed by atoms with Crippen LogP contribution in [0.2, 0.25) is 0 Å². The number of aromatic amines is 1. The van der Waals surface area contributed by atoms with Crippen LogP contribution in [0, 0.1) is 0 Å². The van der Waals surface area contributed by atoms with Gasteiger partial charge in [0, 0.05) is 44.2 Å². The maximum Gasteiger partial charge on any atom is 0.195 e. The van der Waals surface area contributed by atoms with Gasteiger partial charge in [0.25, 0.3) is 0 Å². The highest BCUT2D eigenvalue weighted by molar-refractivity contribution is 7.11. The molecule has 4 aromatic rings. The molecule has 1 aliphatic rings. The van der Waals surface area contributed by atoms with Crippen LogP contribution in [0.1, 0.15) is 31.9 Å². The third-order valence-electron chi connectivity index (χ3n) is 4.84. The van der Waals surface area contributed by atoms with Crippen molar-refractivity contribution in [1.82, 2.24) is 4.98 Å². The summed E-state index contributed by atoms with van der Waals surface area (Å²) in [5.41, 5.74) is 5.78. The van der Waals surface area contributed by atoms with E-state index in [-0.39, 0.29) is 5.78 Å².